The molecular weight excluding hydrogens is 214 g/mol. The van der Waals surface area contributed by atoms with Crippen LogP contribution in [0.1, 0.15) is 18.2 Å². The Kier molecular flexibility index (Phi) is 2.34. The molecule has 2 aliphatic rings. The number of likely N-dealkylation sites (N-methyl/N-ethyl adjacent to an activating group) is 1. The fourth-order valence-corrected chi connectivity index (χ4v) is 2.57. The number of nitrogens with two attached hydrogens (primary N) is 1. The van der Waals surface area contributed by atoms with Gasteiger partial charge in [-0.3, -0.25) is 0 Å². The quantitative estimate of drug-likeness (QED) is 0.740. The van der Waals surface area contributed by atoms with Crippen molar-refractivity contribution in [1.29, 1.82) is 0 Å². The van der Waals surface area contributed by atoms with Crippen LogP contribution in [-0.4, -0.2) is 47.1 Å². The topological polar surface area (TPSA) is 58.3 Å². The van der Waals surface area contributed by atoms with E-state index in [0.717, 1.165) is 38.5 Å². The standard InChI is InChI=1S/C12H19N5/c1-12(13)7-17(8-12)11-14-5-9-6-16(2)4-3-10(9)15-11/h5H,3-4,6-8,13H2,1-2H3. The molecule has 17 heavy (non-hydrogen) atoms. The molecule has 2 N–H and O–H groups in total. The maximum atomic E-state index is 6.00. The number of hydrogen-bond acceptors (Lipinski definition) is 5. The Balaban J connectivity index is 1.80. The van der Waals surface area contributed by atoms with Gasteiger partial charge in [0.1, 0.15) is 0 Å². The van der Waals surface area contributed by atoms with Crippen molar-refractivity contribution in [2.24, 2.45) is 5.73 Å². The third-order valence-corrected chi connectivity index (χ3v) is 3.50. The van der Waals surface area contributed by atoms with Crippen LogP contribution < -0.4 is 10.6 Å². The molecule has 5 nitrogen and oxygen atoms in total. The van der Waals surface area contributed by atoms with Crippen LogP contribution in [0.15, 0.2) is 6.20 Å². The van der Waals surface area contributed by atoms with E-state index in [2.05, 4.69) is 33.7 Å². The largest absolute Gasteiger partial charge is 0.337 e. The molecule has 0 saturated carbocycles. The smallest absolute Gasteiger partial charge is 0.225 e. The molecule has 92 valence electrons. The van der Waals surface area contributed by atoms with Gasteiger partial charge in [0, 0.05) is 49.9 Å². The van der Waals surface area contributed by atoms with Crippen LogP contribution in [0.4, 0.5) is 5.95 Å². The summed E-state index contributed by atoms with van der Waals surface area (Å²) in [5, 5.41) is 0. The molecule has 1 aromatic rings. The predicted molar refractivity (Wildman–Crippen MR) is 66.9 cm³/mol. The van der Waals surface area contributed by atoms with Crippen LogP contribution in [0.5, 0.6) is 0 Å². The molecule has 0 atom stereocenters. The van der Waals surface area contributed by atoms with Gasteiger partial charge in [-0.25, -0.2) is 9.97 Å². The third-order valence-electron chi connectivity index (χ3n) is 3.50. The number of anilines is 1. The molecular formula is C12H19N5. The van der Waals surface area contributed by atoms with Crippen LogP contribution in [0, 0.1) is 0 Å². The molecule has 0 aliphatic carbocycles. The Hall–Kier alpha value is -1.20. The molecule has 3 rings (SSSR count). The highest BCUT2D eigenvalue weighted by Gasteiger charge is 2.36. The molecule has 1 fully saturated rings. The minimum atomic E-state index is -0.0700. The monoisotopic (exact) mass is 233 g/mol. The molecule has 3 heterocycles. The Morgan fingerprint density at radius 2 is 2.18 bits per heavy atom. The lowest BCUT2D eigenvalue weighted by atomic mass is 9.94. The van der Waals surface area contributed by atoms with Gasteiger partial charge >= 0.3 is 0 Å². The summed E-state index contributed by atoms with van der Waals surface area (Å²) >= 11 is 0. The highest BCUT2D eigenvalue weighted by Crippen LogP contribution is 2.24. The Morgan fingerprint density at radius 3 is 2.88 bits per heavy atom. The van der Waals surface area contributed by atoms with Gasteiger partial charge in [-0.05, 0) is 14.0 Å². The van der Waals surface area contributed by atoms with Gasteiger partial charge in [0.25, 0.3) is 0 Å². The Labute approximate surface area is 102 Å². The fraction of sp³-hybridized carbons (Fsp3) is 0.667. The van der Waals surface area contributed by atoms with E-state index in [1.807, 2.05) is 6.20 Å². The van der Waals surface area contributed by atoms with Crippen molar-refractivity contribution in [1.82, 2.24) is 14.9 Å². The van der Waals surface area contributed by atoms with Crippen molar-refractivity contribution in [3.8, 4) is 0 Å². The zero-order chi connectivity index (χ0) is 12.0. The number of rotatable bonds is 1. The van der Waals surface area contributed by atoms with Crippen molar-refractivity contribution in [2.75, 3.05) is 31.6 Å². The number of aromatic nitrogens is 2. The zero-order valence-electron chi connectivity index (χ0n) is 10.5. The molecule has 0 unspecified atom stereocenters. The Morgan fingerprint density at radius 1 is 1.41 bits per heavy atom. The first kappa shape index (κ1) is 10.9. The van der Waals surface area contributed by atoms with Crippen LogP contribution in [-0.2, 0) is 13.0 Å². The summed E-state index contributed by atoms with van der Waals surface area (Å²) in [4.78, 5) is 13.6. The van der Waals surface area contributed by atoms with Gasteiger partial charge in [0.15, 0.2) is 0 Å². The number of hydrogen-bond donors (Lipinski definition) is 1. The van der Waals surface area contributed by atoms with Gasteiger partial charge < -0.3 is 15.5 Å². The van der Waals surface area contributed by atoms with Crippen molar-refractivity contribution >= 4 is 5.95 Å². The fourth-order valence-electron chi connectivity index (χ4n) is 2.57. The third kappa shape index (κ3) is 2.00. The van der Waals surface area contributed by atoms with E-state index in [4.69, 9.17) is 5.73 Å². The first-order valence-electron chi connectivity index (χ1n) is 6.11. The molecule has 0 amide bonds. The van der Waals surface area contributed by atoms with E-state index in [0.29, 0.717) is 0 Å². The second-order valence-corrected chi connectivity index (χ2v) is 5.64. The lowest BCUT2D eigenvalue weighted by Gasteiger charge is -2.45. The van der Waals surface area contributed by atoms with Crippen LogP contribution in [0.2, 0.25) is 0 Å². The second-order valence-electron chi connectivity index (χ2n) is 5.64. The van der Waals surface area contributed by atoms with Crippen molar-refractivity contribution in [3.63, 3.8) is 0 Å². The molecule has 1 saturated heterocycles. The zero-order valence-corrected chi connectivity index (χ0v) is 10.5. The highest BCUT2D eigenvalue weighted by atomic mass is 15.3. The lowest BCUT2D eigenvalue weighted by Crippen LogP contribution is -2.66. The summed E-state index contributed by atoms with van der Waals surface area (Å²) in [6.45, 7) is 5.82. The van der Waals surface area contributed by atoms with Gasteiger partial charge in [-0.2, -0.15) is 0 Å². The van der Waals surface area contributed by atoms with E-state index >= 15 is 0 Å². The van der Waals surface area contributed by atoms with Gasteiger partial charge in [0.05, 0.1) is 5.69 Å². The summed E-state index contributed by atoms with van der Waals surface area (Å²) in [7, 11) is 2.13. The molecule has 1 aromatic heterocycles. The van der Waals surface area contributed by atoms with E-state index in [-0.39, 0.29) is 5.54 Å². The second kappa shape index (κ2) is 3.65. The summed E-state index contributed by atoms with van der Waals surface area (Å²) in [5.41, 5.74) is 8.40. The number of nitrogens with zero attached hydrogens (tertiary/aromatic N) is 4. The minimum absolute atomic E-state index is 0.0700. The van der Waals surface area contributed by atoms with Crippen LogP contribution >= 0.6 is 0 Å². The predicted octanol–water partition coefficient (Wildman–Crippen LogP) is 0.00190. The van der Waals surface area contributed by atoms with Gasteiger partial charge in [0.2, 0.25) is 5.95 Å². The lowest BCUT2D eigenvalue weighted by molar-refractivity contribution is 0.308. The van der Waals surface area contributed by atoms with Crippen molar-refractivity contribution < 1.29 is 0 Å². The summed E-state index contributed by atoms with van der Waals surface area (Å²) < 4.78 is 0. The van der Waals surface area contributed by atoms with Crippen molar-refractivity contribution in [2.45, 2.75) is 25.4 Å². The van der Waals surface area contributed by atoms with Crippen molar-refractivity contribution in [3.05, 3.63) is 17.5 Å². The molecule has 0 spiro atoms. The maximum Gasteiger partial charge on any atom is 0.225 e. The highest BCUT2D eigenvalue weighted by molar-refractivity contribution is 5.40. The molecule has 0 aromatic carbocycles. The SMILES string of the molecule is CN1CCc2nc(N3CC(C)(N)C3)ncc2C1. The van der Waals surface area contributed by atoms with E-state index in [1.54, 1.807) is 0 Å². The Bertz CT molecular complexity index is 435. The molecule has 5 heteroatoms. The minimum Gasteiger partial charge on any atom is -0.337 e. The van der Waals surface area contributed by atoms with E-state index in [9.17, 15) is 0 Å². The van der Waals surface area contributed by atoms with E-state index < -0.39 is 0 Å². The first-order chi connectivity index (χ1) is 8.03. The molecule has 0 radical (unpaired) electrons. The van der Waals surface area contributed by atoms with Gasteiger partial charge in [-0.15, -0.1) is 0 Å². The van der Waals surface area contributed by atoms with Crippen LogP contribution in [0.3, 0.4) is 0 Å². The summed E-state index contributed by atoms with van der Waals surface area (Å²) in [5.74, 6) is 0.844. The number of fused-ring (bicyclic) bond motifs is 1. The van der Waals surface area contributed by atoms with E-state index in [1.165, 1.54) is 11.3 Å². The molecule has 2 aliphatic heterocycles. The summed E-state index contributed by atoms with van der Waals surface area (Å²) in [6.07, 6.45) is 2.99. The summed E-state index contributed by atoms with van der Waals surface area (Å²) in [6, 6.07) is 0. The molecule has 0 bridgehead atoms. The van der Waals surface area contributed by atoms with Gasteiger partial charge in [-0.1, -0.05) is 0 Å². The average Bonchev–Trinajstić information content (AvgIpc) is 2.25. The average molecular weight is 233 g/mol. The first-order valence-corrected chi connectivity index (χ1v) is 6.11. The van der Waals surface area contributed by atoms with Crippen LogP contribution in [0.25, 0.3) is 0 Å². The normalized spacial score (nSPS) is 23.1. The maximum absolute atomic E-state index is 6.00.